The molecule has 0 heterocycles. The fraction of sp³-hybridized carbons (Fsp3) is 0.778. The zero-order chi connectivity index (χ0) is 44.8. The van der Waals surface area contributed by atoms with E-state index in [0.29, 0.717) is 77.8 Å². The third kappa shape index (κ3) is 31.4. The molecule has 0 rings (SSSR count). The average molecular weight is 885 g/mol. The third-order valence-corrected chi connectivity index (χ3v) is 15.0. The Labute approximate surface area is 341 Å². The van der Waals surface area contributed by atoms with Crippen molar-refractivity contribution in [3.63, 3.8) is 0 Å². The van der Waals surface area contributed by atoms with E-state index in [1.165, 1.54) is 0 Å². The van der Waals surface area contributed by atoms with E-state index in [2.05, 4.69) is 26.3 Å². The molecule has 0 amide bonds. The van der Waals surface area contributed by atoms with E-state index in [0.717, 1.165) is 0 Å². The predicted octanol–water partition coefficient (Wildman–Crippen LogP) is 3.57. The van der Waals surface area contributed by atoms with Gasteiger partial charge in [-0.1, -0.05) is 52.0 Å². The summed E-state index contributed by atoms with van der Waals surface area (Å²) in [4.78, 5) is 0. The molecule has 8 N–H and O–H groups in total. The van der Waals surface area contributed by atoms with Crippen LogP contribution in [-0.2, 0) is 59.0 Å². The van der Waals surface area contributed by atoms with E-state index >= 15 is 0 Å². The molecule has 0 aromatic heterocycles. The molecule has 0 aliphatic rings. The Morgan fingerprint density at radius 2 is 0.536 bits per heavy atom. The van der Waals surface area contributed by atoms with Gasteiger partial charge in [-0.15, -0.1) is 26.3 Å². The quantitative estimate of drug-likeness (QED) is 0.0821. The summed E-state index contributed by atoms with van der Waals surface area (Å²) >= 11 is 0. The van der Waals surface area contributed by atoms with Gasteiger partial charge in [-0.25, -0.2) is 54.2 Å². The van der Waals surface area contributed by atoms with E-state index < -0.39 is 61.1 Å². The Morgan fingerprint density at radius 3 is 0.625 bits per heavy atom. The normalized spacial score (nSPS) is 16.2. The van der Waals surface area contributed by atoms with Crippen molar-refractivity contribution in [1.29, 1.82) is 0 Å². The molecule has 0 unspecified atom stereocenters. The largest absolute Gasteiger partial charge is 0.385 e. The molecule has 0 aliphatic heterocycles. The smallest absolute Gasteiger partial charge is 0.212 e. The first-order valence-electron chi connectivity index (χ1n) is 18.2. The van der Waals surface area contributed by atoms with Crippen LogP contribution in [0, 0.1) is 23.7 Å². The molecule has 20 heteroatoms. The lowest BCUT2D eigenvalue weighted by molar-refractivity contribution is 0.188. The Kier molecular flexibility index (Phi) is 36.3. The van der Waals surface area contributed by atoms with Gasteiger partial charge < -0.3 is 18.9 Å². The van der Waals surface area contributed by atoms with Gasteiger partial charge in [-0.05, 0) is 75.0 Å². The Morgan fingerprint density at radius 1 is 0.393 bits per heavy atom. The number of hydrogen-bond acceptors (Lipinski definition) is 12. The number of ether oxygens (including phenoxy) is 4. The van der Waals surface area contributed by atoms with Gasteiger partial charge in [0.05, 0.1) is 21.0 Å². The number of nitrogens with two attached hydrogens (primary N) is 4. The SMILES string of the molecule is C=CC[C@@H](C)[C@@H](CCOC)S(N)(=O)=O.C=CC[C@@H](C)[C@H](CCOC)S(N)(=O)=O.C=CC[C@H](C)[C@@H](CCOC)S(N)(=O)=O.C=CC[C@H](C)[C@H](CCOC)S(N)(=O)=O. The van der Waals surface area contributed by atoms with Crippen molar-refractivity contribution in [2.24, 2.45) is 44.2 Å². The maximum atomic E-state index is 11.2. The molecule has 56 heavy (non-hydrogen) atoms. The van der Waals surface area contributed by atoms with E-state index in [9.17, 15) is 33.7 Å². The van der Waals surface area contributed by atoms with Crippen LogP contribution in [0.2, 0.25) is 0 Å². The highest BCUT2D eigenvalue weighted by molar-refractivity contribution is 7.90. The van der Waals surface area contributed by atoms with Crippen LogP contribution < -0.4 is 20.6 Å². The molecule has 8 atom stereocenters. The molecule has 0 spiro atoms. The number of allylic oxidation sites excluding steroid dienone is 4. The monoisotopic (exact) mass is 884 g/mol. The van der Waals surface area contributed by atoms with Gasteiger partial charge in [0.15, 0.2) is 0 Å². The lowest BCUT2D eigenvalue weighted by Gasteiger charge is -2.20. The highest BCUT2D eigenvalue weighted by atomic mass is 32.2. The van der Waals surface area contributed by atoms with Crippen molar-refractivity contribution in [2.45, 2.75) is 100 Å². The minimum Gasteiger partial charge on any atom is -0.385 e. The van der Waals surface area contributed by atoms with Crippen LogP contribution >= 0.6 is 0 Å². The second kappa shape index (κ2) is 33.3. The number of primary sulfonamides is 4. The Balaban J connectivity index is -0.000000322. The number of methoxy groups -OCH3 is 4. The first-order valence-corrected chi connectivity index (χ1v) is 24.6. The van der Waals surface area contributed by atoms with Gasteiger partial charge in [0, 0.05) is 54.9 Å². The second-order valence-corrected chi connectivity index (χ2v) is 20.8. The van der Waals surface area contributed by atoms with E-state index in [1.807, 2.05) is 27.7 Å². The minimum absolute atomic E-state index is 0.0161. The van der Waals surface area contributed by atoms with E-state index in [1.54, 1.807) is 52.7 Å². The molecule has 0 saturated heterocycles. The molecule has 0 fully saturated rings. The van der Waals surface area contributed by atoms with E-state index in [4.69, 9.17) is 39.5 Å². The molecule has 336 valence electrons. The summed E-state index contributed by atoms with van der Waals surface area (Å²) in [6, 6.07) is 0. The molecule has 0 aromatic carbocycles. The zero-order valence-corrected chi connectivity index (χ0v) is 38.3. The van der Waals surface area contributed by atoms with Crippen molar-refractivity contribution >= 4 is 40.1 Å². The summed E-state index contributed by atoms with van der Waals surface area (Å²) in [5.74, 6) is -0.0643. The Bertz CT molecular complexity index is 1270. The summed E-state index contributed by atoms with van der Waals surface area (Å²) in [5, 5.41) is 18.4. The average Bonchev–Trinajstić information content (AvgIpc) is 3.04. The van der Waals surface area contributed by atoms with Crippen molar-refractivity contribution in [2.75, 3.05) is 54.9 Å². The number of sulfonamides is 4. The van der Waals surface area contributed by atoms with Crippen LogP contribution in [-0.4, -0.2) is 110 Å². The van der Waals surface area contributed by atoms with Crippen LogP contribution in [0.1, 0.15) is 79.1 Å². The van der Waals surface area contributed by atoms with Crippen molar-refractivity contribution in [1.82, 2.24) is 0 Å². The van der Waals surface area contributed by atoms with E-state index in [-0.39, 0.29) is 23.7 Å². The Hall–Kier alpha value is -1.56. The van der Waals surface area contributed by atoms with Crippen molar-refractivity contribution < 1.29 is 52.6 Å². The molecule has 0 saturated carbocycles. The molecule has 16 nitrogen and oxygen atoms in total. The maximum Gasteiger partial charge on any atom is 0.212 e. The fourth-order valence-corrected chi connectivity index (χ4v) is 10.4. The van der Waals surface area contributed by atoms with Crippen LogP contribution in [0.15, 0.2) is 50.6 Å². The maximum absolute atomic E-state index is 11.2. The highest BCUT2D eigenvalue weighted by Gasteiger charge is 2.29. The second-order valence-electron chi connectivity index (χ2n) is 13.6. The topological polar surface area (TPSA) is 278 Å². The van der Waals surface area contributed by atoms with Gasteiger partial charge in [-0.3, -0.25) is 0 Å². The summed E-state index contributed by atoms with van der Waals surface area (Å²) in [6.07, 6.45) is 11.1. The summed E-state index contributed by atoms with van der Waals surface area (Å²) in [5.41, 5.74) is 0. The first kappa shape index (κ1) is 61.1. The molecule has 0 aromatic rings. The molecule has 0 bridgehead atoms. The highest BCUT2D eigenvalue weighted by Crippen LogP contribution is 2.21. The third-order valence-electron chi connectivity index (χ3n) is 8.81. The van der Waals surface area contributed by atoms with Gasteiger partial charge in [0.25, 0.3) is 0 Å². The standard InChI is InChI=1S/4C9H19NO3S/c4*1-4-5-8(2)9(6-7-13-3)14(10,11)12/h4*4,8-9H,1,5-7H2,2-3H3,(H2,10,11,12)/t2*8-,9+;2*8-,9-/m1010/s1. The zero-order valence-electron chi connectivity index (χ0n) is 35.1. The van der Waals surface area contributed by atoms with Gasteiger partial charge >= 0.3 is 0 Å². The van der Waals surface area contributed by atoms with Crippen molar-refractivity contribution in [3.8, 4) is 0 Å². The van der Waals surface area contributed by atoms with Crippen molar-refractivity contribution in [3.05, 3.63) is 50.6 Å². The first-order chi connectivity index (χ1) is 25.7. The summed E-state index contributed by atoms with van der Waals surface area (Å²) in [6.45, 7) is 23.3. The van der Waals surface area contributed by atoms with Gasteiger partial charge in [0.2, 0.25) is 40.1 Å². The minimum atomic E-state index is -3.49. The van der Waals surface area contributed by atoms with Crippen LogP contribution in [0.25, 0.3) is 0 Å². The predicted molar refractivity (Wildman–Crippen MR) is 229 cm³/mol. The lowest BCUT2D eigenvalue weighted by Crippen LogP contribution is -2.34. The molecular formula is C36H76N4O12S4. The van der Waals surface area contributed by atoms with Gasteiger partial charge in [-0.2, -0.15) is 0 Å². The van der Waals surface area contributed by atoms with Crippen LogP contribution in [0.5, 0.6) is 0 Å². The molecule has 0 radical (unpaired) electrons. The fourth-order valence-electron chi connectivity index (χ4n) is 5.69. The summed E-state index contributed by atoms with van der Waals surface area (Å²) < 4.78 is 109. The summed E-state index contributed by atoms with van der Waals surface area (Å²) in [7, 11) is -7.79. The lowest BCUT2D eigenvalue weighted by atomic mass is 10.0. The number of hydrogen-bond donors (Lipinski definition) is 4. The van der Waals surface area contributed by atoms with Crippen LogP contribution in [0.3, 0.4) is 0 Å². The van der Waals surface area contributed by atoms with Crippen LogP contribution in [0.4, 0.5) is 0 Å². The molecular weight excluding hydrogens is 809 g/mol. The molecule has 0 aliphatic carbocycles. The number of rotatable bonds is 28. The van der Waals surface area contributed by atoms with Gasteiger partial charge in [0.1, 0.15) is 0 Å².